The molecule has 5 nitrogen and oxygen atoms in total. The Bertz CT molecular complexity index is 1250. The van der Waals surface area contributed by atoms with Gasteiger partial charge in [0.15, 0.2) is 5.16 Å². The summed E-state index contributed by atoms with van der Waals surface area (Å²) < 4.78 is 1.52. The summed E-state index contributed by atoms with van der Waals surface area (Å²) in [5.41, 5.74) is 2.12. The molecule has 0 atom stereocenters. The monoisotopic (exact) mass is 455 g/mol. The molecule has 1 amide bonds. The highest BCUT2D eigenvalue weighted by molar-refractivity contribution is 7.99. The first kappa shape index (κ1) is 20.7. The van der Waals surface area contributed by atoms with E-state index < -0.39 is 0 Å². The molecule has 4 rings (SSSR count). The standard InChI is InChI=1S/C22H18ClN3O2S2/c1-25(12-15-9-10-29-13-15)20(27)14-30-22-24-19-8-3-2-7-18(19)21(28)26(22)17-6-4-5-16(23)11-17/h2-11,13H,12,14H2,1H3. The van der Waals surface area contributed by atoms with Crippen LogP contribution in [0.4, 0.5) is 0 Å². The number of carbonyl (C=O) groups excluding carboxylic acids is 1. The zero-order valence-electron chi connectivity index (χ0n) is 16.1. The first-order chi connectivity index (χ1) is 14.5. The van der Waals surface area contributed by atoms with E-state index in [1.165, 1.54) is 16.3 Å². The molecule has 2 aromatic heterocycles. The van der Waals surface area contributed by atoms with Gasteiger partial charge in [0.05, 0.1) is 22.3 Å². The minimum Gasteiger partial charge on any atom is -0.341 e. The fourth-order valence-electron chi connectivity index (χ4n) is 3.03. The Hall–Kier alpha value is -2.61. The van der Waals surface area contributed by atoms with Crippen LogP contribution in [0, 0.1) is 0 Å². The smallest absolute Gasteiger partial charge is 0.266 e. The van der Waals surface area contributed by atoms with E-state index in [0.29, 0.717) is 33.3 Å². The van der Waals surface area contributed by atoms with Gasteiger partial charge < -0.3 is 4.90 Å². The lowest BCUT2D eigenvalue weighted by atomic mass is 10.2. The van der Waals surface area contributed by atoms with E-state index in [2.05, 4.69) is 4.98 Å². The van der Waals surface area contributed by atoms with Crippen molar-refractivity contribution in [2.24, 2.45) is 0 Å². The second kappa shape index (κ2) is 9.04. The molecule has 0 bridgehead atoms. The lowest BCUT2D eigenvalue weighted by Crippen LogP contribution is -2.28. The van der Waals surface area contributed by atoms with Gasteiger partial charge in [-0.1, -0.05) is 41.6 Å². The van der Waals surface area contributed by atoms with E-state index in [4.69, 9.17) is 11.6 Å². The third-order valence-electron chi connectivity index (χ3n) is 4.56. The van der Waals surface area contributed by atoms with Crippen LogP contribution in [0.2, 0.25) is 5.02 Å². The van der Waals surface area contributed by atoms with Crippen molar-refractivity contribution in [1.82, 2.24) is 14.5 Å². The lowest BCUT2D eigenvalue weighted by Gasteiger charge is -2.17. The Morgan fingerprint density at radius 3 is 2.80 bits per heavy atom. The van der Waals surface area contributed by atoms with Gasteiger partial charge in [0.25, 0.3) is 5.56 Å². The summed E-state index contributed by atoms with van der Waals surface area (Å²) in [6.07, 6.45) is 0. The molecule has 0 saturated carbocycles. The molecule has 0 aliphatic heterocycles. The highest BCUT2D eigenvalue weighted by Crippen LogP contribution is 2.23. The molecule has 0 unspecified atom stereocenters. The fourth-order valence-corrected chi connectivity index (χ4v) is 4.83. The van der Waals surface area contributed by atoms with E-state index in [9.17, 15) is 9.59 Å². The highest BCUT2D eigenvalue weighted by Gasteiger charge is 2.16. The van der Waals surface area contributed by atoms with E-state index >= 15 is 0 Å². The van der Waals surface area contributed by atoms with Crippen molar-refractivity contribution in [3.05, 3.63) is 86.3 Å². The molecule has 4 aromatic rings. The predicted octanol–water partition coefficient (Wildman–Crippen LogP) is 4.85. The van der Waals surface area contributed by atoms with Crippen LogP contribution >= 0.6 is 34.7 Å². The molecule has 0 aliphatic carbocycles. The maximum Gasteiger partial charge on any atom is 0.266 e. The number of thiophene rings is 1. The molecular formula is C22H18ClN3O2S2. The van der Waals surface area contributed by atoms with Crippen molar-refractivity contribution in [2.75, 3.05) is 12.8 Å². The molecule has 152 valence electrons. The summed E-state index contributed by atoms with van der Waals surface area (Å²) in [5, 5.41) is 5.51. The van der Waals surface area contributed by atoms with Gasteiger partial charge in [-0.05, 0) is 52.7 Å². The Labute approximate surface area is 186 Å². The van der Waals surface area contributed by atoms with E-state index in [1.807, 2.05) is 29.0 Å². The summed E-state index contributed by atoms with van der Waals surface area (Å²) in [7, 11) is 1.78. The summed E-state index contributed by atoms with van der Waals surface area (Å²) in [5.74, 6) is 0.137. The number of hydrogen-bond donors (Lipinski definition) is 0. The maximum absolute atomic E-state index is 13.2. The molecule has 0 radical (unpaired) electrons. The Kier molecular flexibility index (Phi) is 6.22. The van der Waals surface area contributed by atoms with Crippen LogP contribution in [-0.4, -0.2) is 33.2 Å². The van der Waals surface area contributed by atoms with Gasteiger partial charge in [0.1, 0.15) is 0 Å². The van der Waals surface area contributed by atoms with Crippen molar-refractivity contribution >= 4 is 51.5 Å². The molecule has 2 heterocycles. The van der Waals surface area contributed by atoms with E-state index in [0.717, 1.165) is 5.56 Å². The zero-order chi connectivity index (χ0) is 21.1. The van der Waals surface area contributed by atoms with Crippen LogP contribution in [-0.2, 0) is 11.3 Å². The van der Waals surface area contributed by atoms with Crippen LogP contribution in [0.15, 0.2) is 75.3 Å². The number of halogens is 1. The van der Waals surface area contributed by atoms with Gasteiger partial charge in [-0.15, -0.1) is 0 Å². The minimum atomic E-state index is -0.190. The molecule has 30 heavy (non-hydrogen) atoms. The number of amides is 1. The van der Waals surface area contributed by atoms with E-state index in [-0.39, 0.29) is 17.2 Å². The summed E-state index contributed by atoms with van der Waals surface area (Å²) in [6, 6.07) is 16.3. The minimum absolute atomic E-state index is 0.0359. The van der Waals surface area contributed by atoms with Gasteiger partial charge in [-0.2, -0.15) is 11.3 Å². The SMILES string of the molecule is CN(Cc1ccsc1)C(=O)CSc1nc2ccccc2c(=O)n1-c1cccc(Cl)c1. The predicted molar refractivity (Wildman–Crippen MR) is 124 cm³/mol. The average molecular weight is 456 g/mol. The van der Waals surface area contributed by atoms with Gasteiger partial charge >= 0.3 is 0 Å². The Morgan fingerprint density at radius 1 is 1.20 bits per heavy atom. The van der Waals surface area contributed by atoms with Crippen molar-refractivity contribution in [2.45, 2.75) is 11.7 Å². The second-order valence-electron chi connectivity index (χ2n) is 6.70. The van der Waals surface area contributed by atoms with Crippen molar-refractivity contribution in [3.63, 3.8) is 0 Å². The van der Waals surface area contributed by atoms with Crippen LogP contribution < -0.4 is 5.56 Å². The average Bonchev–Trinajstić information content (AvgIpc) is 3.25. The molecule has 0 saturated heterocycles. The largest absolute Gasteiger partial charge is 0.341 e. The summed E-state index contributed by atoms with van der Waals surface area (Å²) >= 11 is 9.00. The normalized spacial score (nSPS) is 11.0. The van der Waals surface area contributed by atoms with Crippen molar-refractivity contribution in [1.29, 1.82) is 0 Å². The highest BCUT2D eigenvalue weighted by atomic mass is 35.5. The van der Waals surface area contributed by atoms with Crippen LogP contribution in [0.1, 0.15) is 5.56 Å². The maximum atomic E-state index is 13.2. The summed E-state index contributed by atoms with van der Waals surface area (Å²) in [4.78, 5) is 32.2. The van der Waals surface area contributed by atoms with Crippen LogP contribution in [0.25, 0.3) is 16.6 Å². The molecule has 0 aliphatic rings. The Morgan fingerprint density at radius 2 is 2.03 bits per heavy atom. The molecule has 0 N–H and O–H groups in total. The molecule has 0 spiro atoms. The molecule has 0 fully saturated rings. The van der Waals surface area contributed by atoms with Crippen LogP contribution in [0.3, 0.4) is 0 Å². The Balaban J connectivity index is 1.66. The van der Waals surface area contributed by atoms with Gasteiger partial charge in [-0.3, -0.25) is 14.2 Å². The second-order valence-corrected chi connectivity index (χ2v) is 8.86. The van der Waals surface area contributed by atoms with Crippen molar-refractivity contribution < 1.29 is 4.79 Å². The third kappa shape index (κ3) is 4.43. The number of nitrogens with zero attached hydrogens (tertiary/aromatic N) is 3. The topological polar surface area (TPSA) is 55.2 Å². The first-order valence-corrected chi connectivity index (χ1v) is 11.5. The number of hydrogen-bond acceptors (Lipinski definition) is 5. The van der Waals surface area contributed by atoms with Crippen LogP contribution in [0.5, 0.6) is 0 Å². The van der Waals surface area contributed by atoms with Gasteiger partial charge in [-0.25, -0.2) is 4.98 Å². The number of rotatable bonds is 6. The number of para-hydroxylation sites is 1. The number of carbonyl (C=O) groups is 1. The van der Waals surface area contributed by atoms with Gasteiger partial charge in [0, 0.05) is 18.6 Å². The molecule has 2 aromatic carbocycles. The van der Waals surface area contributed by atoms with E-state index in [1.54, 1.807) is 59.7 Å². The first-order valence-electron chi connectivity index (χ1n) is 9.18. The number of fused-ring (bicyclic) bond motifs is 1. The third-order valence-corrected chi connectivity index (χ3v) is 6.45. The molecule has 8 heteroatoms. The van der Waals surface area contributed by atoms with Crippen molar-refractivity contribution in [3.8, 4) is 5.69 Å². The quantitative estimate of drug-likeness (QED) is 0.308. The number of thioether (sulfide) groups is 1. The zero-order valence-corrected chi connectivity index (χ0v) is 18.5. The summed E-state index contributed by atoms with van der Waals surface area (Å²) in [6.45, 7) is 0.551. The fraction of sp³-hybridized carbons (Fsp3) is 0.136. The number of aromatic nitrogens is 2. The van der Waals surface area contributed by atoms with Gasteiger partial charge in [0.2, 0.25) is 5.91 Å². The molecular weight excluding hydrogens is 438 g/mol. The lowest BCUT2D eigenvalue weighted by molar-refractivity contribution is -0.127. The number of benzene rings is 2.